The van der Waals surface area contributed by atoms with Gasteiger partial charge < -0.3 is 0 Å². The molecule has 0 fully saturated rings. The van der Waals surface area contributed by atoms with Crippen molar-refractivity contribution in [2.24, 2.45) is 0 Å². The van der Waals surface area contributed by atoms with Gasteiger partial charge in [0.1, 0.15) is 0 Å². The van der Waals surface area contributed by atoms with Crippen LogP contribution in [0.2, 0.25) is 0 Å². The summed E-state index contributed by atoms with van der Waals surface area (Å²) in [5.74, 6) is 0.463. The monoisotopic (exact) mass is 262 g/mol. The molecular formula is C16H14Fe. The van der Waals surface area contributed by atoms with Gasteiger partial charge in [0.25, 0.3) is 0 Å². The number of aryl methyl sites for hydroxylation is 1. The molecule has 0 bridgehead atoms. The van der Waals surface area contributed by atoms with Gasteiger partial charge >= 0.3 is 0 Å². The van der Waals surface area contributed by atoms with Crippen LogP contribution in [0.3, 0.4) is 0 Å². The summed E-state index contributed by atoms with van der Waals surface area (Å²) in [6.45, 7) is 2.22. The molecule has 0 aliphatic heterocycles. The molecule has 0 atom stereocenters. The molecule has 0 unspecified atom stereocenters. The van der Waals surface area contributed by atoms with Crippen LogP contribution in [0, 0.1) is 6.92 Å². The first-order valence-electron chi connectivity index (χ1n) is 5.69. The van der Waals surface area contributed by atoms with E-state index in [0.29, 0.717) is 5.92 Å². The zero-order valence-electron chi connectivity index (χ0n) is 9.70. The summed E-state index contributed by atoms with van der Waals surface area (Å²) >= 11 is 0. The summed E-state index contributed by atoms with van der Waals surface area (Å²) < 4.78 is 0. The van der Waals surface area contributed by atoms with Crippen LogP contribution in [0.5, 0.6) is 0 Å². The molecule has 86 valence electrons. The van der Waals surface area contributed by atoms with Crippen molar-refractivity contribution in [3.8, 4) is 0 Å². The van der Waals surface area contributed by atoms with Crippen molar-refractivity contribution in [1.82, 2.24) is 0 Å². The zero-order valence-corrected chi connectivity index (χ0v) is 10.8. The minimum Gasteiger partial charge on any atom is -0.0732 e. The molecule has 1 aliphatic rings. The van der Waals surface area contributed by atoms with Crippen molar-refractivity contribution >= 4 is 10.8 Å². The third-order valence-electron chi connectivity index (χ3n) is 3.35. The standard InChI is InChI=1S/C16H14.Fe/c1-12-15-9-5-4-8-14(15)10-11-16(12)13-6-2-3-7-13;/h2-11,13H,1H3;. The minimum absolute atomic E-state index is 0. The molecule has 1 heteroatoms. The molecule has 2 aromatic carbocycles. The van der Waals surface area contributed by atoms with E-state index in [1.807, 2.05) is 0 Å². The van der Waals surface area contributed by atoms with Gasteiger partial charge in [0.2, 0.25) is 0 Å². The van der Waals surface area contributed by atoms with E-state index < -0.39 is 0 Å². The van der Waals surface area contributed by atoms with Crippen LogP contribution in [-0.2, 0) is 17.1 Å². The Hall–Kier alpha value is -1.30. The molecule has 0 N–H and O–H groups in total. The van der Waals surface area contributed by atoms with Gasteiger partial charge in [-0.1, -0.05) is 60.7 Å². The van der Waals surface area contributed by atoms with Gasteiger partial charge in [-0.15, -0.1) is 0 Å². The second-order valence-corrected chi connectivity index (χ2v) is 4.30. The summed E-state index contributed by atoms with van der Waals surface area (Å²) in [6, 6.07) is 13.1. The minimum atomic E-state index is 0. The van der Waals surface area contributed by atoms with Crippen LogP contribution in [0.25, 0.3) is 10.8 Å². The van der Waals surface area contributed by atoms with Gasteiger partial charge in [-0.2, -0.15) is 0 Å². The molecule has 0 aromatic heterocycles. The summed E-state index contributed by atoms with van der Waals surface area (Å²) in [5.41, 5.74) is 2.82. The van der Waals surface area contributed by atoms with Crippen LogP contribution in [0.4, 0.5) is 0 Å². The Morgan fingerprint density at radius 3 is 2.35 bits per heavy atom. The summed E-state index contributed by atoms with van der Waals surface area (Å²) in [7, 11) is 0. The normalized spacial score (nSPS) is 14.2. The van der Waals surface area contributed by atoms with E-state index in [1.54, 1.807) is 0 Å². The fourth-order valence-electron chi connectivity index (χ4n) is 2.44. The molecule has 1 aliphatic carbocycles. The van der Waals surface area contributed by atoms with Gasteiger partial charge in [0.05, 0.1) is 0 Å². The molecular weight excluding hydrogens is 248 g/mol. The largest absolute Gasteiger partial charge is 0.0732 e. The quantitative estimate of drug-likeness (QED) is 0.670. The Balaban J connectivity index is 0.00000108. The van der Waals surface area contributed by atoms with E-state index in [2.05, 4.69) is 67.6 Å². The first-order chi connectivity index (χ1) is 7.86. The van der Waals surface area contributed by atoms with E-state index in [-0.39, 0.29) is 17.1 Å². The summed E-state index contributed by atoms with van der Waals surface area (Å²) in [6.07, 6.45) is 8.74. The van der Waals surface area contributed by atoms with E-state index in [1.165, 1.54) is 21.9 Å². The molecule has 0 heterocycles. The second kappa shape index (κ2) is 4.91. The number of rotatable bonds is 1. The maximum absolute atomic E-state index is 2.25. The first-order valence-corrected chi connectivity index (χ1v) is 5.69. The fourth-order valence-corrected chi connectivity index (χ4v) is 2.44. The average molecular weight is 262 g/mol. The van der Waals surface area contributed by atoms with Gasteiger partial charge in [0.15, 0.2) is 0 Å². The molecule has 17 heavy (non-hydrogen) atoms. The summed E-state index contributed by atoms with van der Waals surface area (Å²) in [5, 5.41) is 2.70. The zero-order chi connectivity index (χ0) is 11.0. The van der Waals surface area contributed by atoms with E-state index in [4.69, 9.17) is 0 Å². The van der Waals surface area contributed by atoms with Gasteiger partial charge in [-0.3, -0.25) is 0 Å². The number of fused-ring (bicyclic) bond motifs is 1. The topological polar surface area (TPSA) is 0 Å². The van der Waals surface area contributed by atoms with Crippen molar-refractivity contribution in [1.29, 1.82) is 0 Å². The Labute approximate surface area is 113 Å². The van der Waals surface area contributed by atoms with Crippen molar-refractivity contribution in [2.45, 2.75) is 12.8 Å². The molecule has 0 saturated carbocycles. The SMILES string of the molecule is Cc1c(C2C=CC=C2)ccc2ccccc12.[Fe]. The van der Waals surface area contributed by atoms with Crippen molar-refractivity contribution < 1.29 is 17.1 Å². The third-order valence-corrected chi connectivity index (χ3v) is 3.35. The fraction of sp³-hybridized carbons (Fsp3) is 0.125. The average Bonchev–Trinajstić information content (AvgIpc) is 2.83. The maximum Gasteiger partial charge on any atom is 0.0207 e. The Bertz CT molecular complexity index is 581. The molecule has 0 nitrogen and oxygen atoms in total. The number of allylic oxidation sites excluding steroid dienone is 4. The molecule has 0 saturated heterocycles. The van der Waals surface area contributed by atoms with Crippen LogP contribution in [0.1, 0.15) is 17.0 Å². The Morgan fingerprint density at radius 1 is 0.882 bits per heavy atom. The predicted octanol–water partition coefficient (Wildman–Crippen LogP) is 4.36. The summed E-state index contributed by atoms with van der Waals surface area (Å²) in [4.78, 5) is 0. The van der Waals surface area contributed by atoms with Crippen LogP contribution in [0.15, 0.2) is 60.7 Å². The third kappa shape index (κ3) is 2.09. The van der Waals surface area contributed by atoms with E-state index in [0.717, 1.165) is 0 Å². The van der Waals surface area contributed by atoms with Crippen LogP contribution < -0.4 is 0 Å². The van der Waals surface area contributed by atoms with E-state index >= 15 is 0 Å². The van der Waals surface area contributed by atoms with Gasteiger partial charge in [-0.05, 0) is 28.8 Å². The molecule has 0 amide bonds. The van der Waals surface area contributed by atoms with Crippen LogP contribution in [-0.4, -0.2) is 0 Å². The van der Waals surface area contributed by atoms with Crippen LogP contribution >= 0.6 is 0 Å². The van der Waals surface area contributed by atoms with Crippen molar-refractivity contribution in [2.75, 3.05) is 0 Å². The van der Waals surface area contributed by atoms with Gasteiger partial charge in [-0.25, -0.2) is 0 Å². The smallest absolute Gasteiger partial charge is 0.0207 e. The first kappa shape index (κ1) is 12.2. The number of benzene rings is 2. The molecule has 3 rings (SSSR count). The van der Waals surface area contributed by atoms with Crippen molar-refractivity contribution in [3.63, 3.8) is 0 Å². The number of hydrogen-bond donors (Lipinski definition) is 0. The second-order valence-electron chi connectivity index (χ2n) is 4.30. The molecule has 0 radical (unpaired) electrons. The van der Waals surface area contributed by atoms with Gasteiger partial charge in [0, 0.05) is 23.0 Å². The number of hydrogen-bond acceptors (Lipinski definition) is 0. The molecule has 2 aromatic rings. The predicted molar refractivity (Wildman–Crippen MR) is 69.7 cm³/mol. The van der Waals surface area contributed by atoms with E-state index in [9.17, 15) is 0 Å². The maximum atomic E-state index is 2.25. The Morgan fingerprint density at radius 2 is 1.59 bits per heavy atom. The Kier molecular flexibility index (Phi) is 3.51. The molecule has 0 spiro atoms. The van der Waals surface area contributed by atoms with Crippen molar-refractivity contribution in [3.05, 3.63) is 71.8 Å².